The number of aliphatic imine (C=N–C) groups is 1. The highest BCUT2D eigenvalue weighted by atomic mass is 16.5. The molecule has 1 aliphatic rings. The molecule has 0 aliphatic carbocycles. The number of guanidine groups is 1. The molecule has 0 aromatic heterocycles. The minimum atomic E-state index is -0.364. The van der Waals surface area contributed by atoms with Crippen LogP contribution < -0.4 is 11.1 Å². The standard InChI is InChI=1S/C24H32N4O2/c1-3-18-11-8-12-19(4-2)22(18)27-24(25)26-17-21(20-9-6-5-7-10-20)23(29)28-13-15-30-16-14-28/h5-12,21H,3-4,13-17H2,1-2H3,(H3,25,26,27). The molecule has 0 spiro atoms. The van der Waals surface area contributed by atoms with Gasteiger partial charge in [0, 0.05) is 18.8 Å². The molecule has 3 rings (SSSR count). The number of ether oxygens (including phenoxy) is 1. The average molecular weight is 409 g/mol. The third kappa shape index (κ3) is 5.39. The van der Waals surface area contributed by atoms with Crippen molar-refractivity contribution in [2.45, 2.75) is 32.6 Å². The van der Waals surface area contributed by atoms with E-state index in [2.05, 4.69) is 42.4 Å². The molecular weight excluding hydrogens is 376 g/mol. The predicted octanol–water partition coefficient (Wildman–Crippen LogP) is 3.18. The molecule has 1 unspecified atom stereocenters. The molecule has 0 bridgehead atoms. The number of aryl methyl sites for hydroxylation is 2. The van der Waals surface area contributed by atoms with Crippen molar-refractivity contribution in [1.29, 1.82) is 0 Å². The Labute approximate surface area is 179 Å². The number of morpholine rings is 1. The van der Waals surface area contributed by atoms with Gasteiger partial charge in [-0.25, -0.2) is 0 Å². The molecule has 0 radical (unpaired) electrons. The summed E-state index contributed by atoms with van der Waals surface area (Å²) in [5, 5.41) is 3.29. The van der Waals surface area contributed by atoms with Crippen LogP contribution in [-0.4, -0.2) is 49.6 Å². The van der Waals surface area contributed by atoms with Crippen LogP contribution in [0.1, 0.15) is 36.5 Å². The predicted molar refractivity (Wildman–Crippen MR) is 122 cm³/mol. The SMILES string of the molecule is CCc1cccc(CC)c1NC(N)=NCC(C(=O)N1CCOCC1)c1ccccc1. The second kappa shape index (κ2) is 10.8. The summed E-state index contributed by atoms with van der Waals surface area (Å²) in [6, 6.07) is 16.1. The molecule has 1 heterocycles. The van der Waals surface area contributed by atoms with Crippen molar-refractivity contribution in [3.8, 4) is 0 Å². The van der Waals surface area contributed by atoms with E-state index in [9.17, 15) is 4.79 Å². The van der Waals surface area contributed by atoms with E-state index in [4.69, 9.17) is 10.5 Å². The second-order valence-corrected chi connectivity index (χ2v) is 7.41. The van der Waals surface area contributed by atoms with E-state index in [1.54, 1.807) is 0 Å². The number of hydrogen-bond donors (Lipinski definition) is 2. The fourth-order valence-corrected chi connectivity index (χ4v) is 3.78. The number of nitrogens with zero attached hydrogens (tertiary/aromatic N) is 2. The topological polar surface area (TPSA) is 79.9 Å². The maximum absolute atomic E-state index is 13.2. The first-order valence-electron chi connectivity index (χ1n) is 10.7. The van der Waals surface area contributed by atoms with Gasteiger partial charge in [0.05, 0.1) is 25.7 Å². The van der Waals surface area contributed by atoms with Crippen LogP contribution in [0.15, 0.2) is 53.5 Å². The Morgan fingerprint density at radius 1 is 1.07 bits per heavy atom. The lowest BCUT2D eigenvalue weighted by Crippen LogP contribution is -2.43. The van der Waals surface area contributed by atoms with Crippen molar-refractivity contribution >= 4 is 17.6 Å². The van der Waals surface area contributed by atoms with Crippen LogP contribution in [0.2, 0.25) is 0 Å². The molecule has 2 aromatic rings. The Bertz CT molecular complexity index is 839. The highest BCUT2D eigenvalue weighted by Gasteiger charge is 2.27. The molecule has 1 saturated heterocycles. The minimum Gasteiger partial charge on any atom is -0.378 e. The van der Waals surface area contributed by atoms with Crippen LogP contribution in [0.25, 0.3) is 0 Å². The Morgan fingerprint density at radius 2 is 1.70 bits per heavy atom. The summed E-state index contributed by atoms with van der Waals surface area (Å²) in [5.41, 5.74) is 10.6. The molecule has 6 nitrogen and oxygen atoms in total. The maximum Gasteiger partial charge on any atom is 0.232 e. The van der Waals surface area contributed by atoms with E-state index in [0.29, 0.717) is 38.8 Å². The molecule has 3 N–H and O–H groups in total. The van der Waals surface area contributed by atoms with E-state index in [1.807, 2.05) is 35.2 Å². The monoisotopic (exact) mass is 408 g/mol. The maximum atomic E-state index is 13.2. The zero-order valence-electron chi connectivity index (χ0n) is 17.9. The van der Waals surface area contributed by atoms with Gasteiger partial charge in [-0.2, -0.15) is 0 Å². The summed E-state index contributed by atoms with van der Waals surface area (Å²) >= 11 is 0. The number of para-hydroxylation sites is 1. The lowest BCUT2D eigenvalue weighted by molar-refractivity contribution is -0.136. The van der Waals surface area contributed by atoms with Gasteiger partial charge >= 0.3 is 0 Å². The highest BCUT2D eigenvalue weighted by molar-refractivity contribution is 5.94. The van der Waals surface area contributed by atoms with E-state index in [0.717, 1.165) is 24.1 Å². The van der Waals surface area contributed by atoms with E-state index < -0.39 is 0 Å². The van der Waals surface area contributed by atoms with Crippen molar-refractivity contribution in [1.82, 2.24) is 4.90 Å². The average Bonchev–Trinajstić information content (AvgIpc) is 2.80. The smallest absolute Gasteiger partial charge is 0.232 e. The van der Waals surface area contributed by atoms with Crippen LogP contribution >= 0.6 is 0 Å². The fourth-order valence-electron chi connectivity index (χ4n) is 3.78. The van der Waals surface area contributed by atoms with Gasteiger partial charge < -0.3 is 20.7 Å². The zero-order chi connectivity index (χ0) is 21.3. The van der Waals surface area contributed by atoms with Crippen molar-refractivity contribution < 1.29 is 9.53 Å². The van der Waals surface area contributed by atoms with Gasteiger partial charge in [0.2, 0.25) is 5.91 Å². The molecule has 1 atom stereocenters. The lowest BCUT2D eigenvalue weighted by Gasteiger charge is -2.30. The van der Waals surface area contributed by atoms with Gasteiger partial charge in [-0.05, 0) is 29.5 Å². The van der Waals surface area contributed by atoms with Gasteiger partial charge in [0.1, 0.15) is 0 Å². The van der Waals surface area contributed by atoms with E-state index >= 15 is 0 Å². The molecule has 2 aromatic carbocycles. The molecule has 30 heavy (non-hydrogen) atoms. The number of rotatable bonds is 7. The summed E-state index contributed by atoms with van der Waals surface area (Å²) in [6.45, 7) is 6.93. The van der Waals surface area contributed by atoms with Gasteiger partial charge in [-0.3, -0.25) is 9.79 Å². The molecule has 6 heteroatoms. The summed E-state index contributed by atoms with van der Waals surface area (Å²) < 4.78 is 5.39. The first-order valence-corrected chi connectivity index (χ1v) is 10.7. The molecule has 1 amide bonds. The molecule has 0 saturated carbocycles. The number of carbonyl (C=O) groups excluding carboxylic acids is 1. The van der Waals surface area contributed by atoms with Crippen LogP contribution in [0.3, 0.4) is 0 Å². The van der Waals surface area contributed by atoms with E-state index in [1.165, 1.54) is 11.1 Å². The van der Waals surface area contributed by atoms with Crippen molar-refractivity contribution in [3.05, 3.63) is 65.2 Å². The fraction of sp³-hybridized carbons (Fsp3) is 0.417. The summed E-state index contributed by atoms with van der Waals surface area (Å²) in [6.07, 6.45) is 1.82. The lowest BCUT2D eigenvalue weighted by atomic mass is 9.97. The van der Waals surface area contributed by atoms with E-state index in [-0.39, 0.29) is 11.8 Å². The molecule has 160 valence electrons. The van der Waals surface area contributed by atoms with Gasteiger partial charge in [0.25, 0.3) is 0 Å². The molecule has 1 aliphatic heterocycles. The number of benzene rings is 2. The summed E-state index contributed by atoms with van der Waals surface area (Å²) in [5.74, 6) is 0.0438. The number of hydrogen-bond acceptors (Lipinski definition) is 3. The number of amides is 1. The highest BCUT2D eigenvalue weighted by Crippen LogP contribution is 2.23. The first kappa shape index (κ1) is 21.8. The largest absolute Gasteiger partial charge is 0.378 e. The van der Waals surface area contributed by atoms with Crippen molar-refractivity contribution in [3.63, 3.8) is 0 Å². The second-order valence-electron chi connectivity index (χ2n) is 7.41. The van der Waals surface area contributed by atoms with Crippen molar-refractivity contribution in [2.75, 3.05) is 38.2 Å². The Morgan fingerprint density at radius 3 is 2.30 bits per heavy atom. The van der Waals surface area contributed by atoms with Gasteiger partial charge in [-0.1, -0.05) is 62.4 Å². The first-order chi connectivity index (χ1) is 14.6. The molecule has 1 fully saturated rings. The minimum absolute atomic E-state index is 0.0734. The number of nitrogens with one attached hydrogen (secondary N) is 1. The summed E-state index contributed by atoms with van der Waals surface area (Å²) in [4.78, 5) is 19.6. The normalized spacial score (nSPS) is 15.7. The Kier molecular flexibility index (Phi) is 7.85. The van der Waals surface area contributed by atoms with Gasteiger partial charge in [-0.15, -0.1) is 0 Å². The Balaban J connectivity index is 1.79. The van der Waals surface area contributed by atoms with Crippen LogP contribution in [0.4, 0.5) is 5.69 Å². The number of nitrogens with two attached hydrogens (primary N) is 1. The van der Waals surface area contributed by atoms with Crippen LogP contribution in [-0.2, 0) is 22.4 Å². The van der Waals surface area contributed by atoms with Crippen LogP contribution in [0.5, 0.6) is 0 Å². The van der Waals surface area contributed by atoms with Crippen molar-refractivity contribution in [2.24, 2.45) is 10.7 Å². The number of anilines is 1. The quantitative estimate of drug-likeness (QED) is 0.545. The zero-order valence-corrected chi connectivity index (χ0v) is 17.9. The Hall–Kier alpha value is -2.86. The van der Waals surface area contributed by atoms with Gasteiger partial charge in [0.15, 0.2) is 5.96 Å². The van der Waals surface area contributed by atoms with Crippen LogP contribution in [0, 0.1) is 0 Å². The third-order valence-corrected chi connectivity index (χ3v) is 5.52. The summed E-state index contributed by atoms with van der Waals surface area (Å²) in [7, 11) is 0. The number of carbonyl (C=O) groups is 1. The molecular formula is C24H32N4O2. The third-order valence-electron chi connectivity index (χ3n) is 5.52.